The zero-order chi connectivity index (χ0) is 16.2. The molecule has 7 nitrogen and oxygen atoms in total. The summed E-state index contributed by atoms with van der Waals surface area (Å²) in [6.45, 7) is 2.84. The molecule has 0 bridgehead atoms. The molecule has 0 spiro atoms. The van der Waals surface area contributed by atoms with Crippen molar-refractivity contribution >= 4 is 27.2 Å². The summed E-state index contributed by atoms with van der Waals surface area (Å²) in [5, 5.41) is 8.12. The third-order valence-corrected chi connectivity index (χ3v) is 5.37. The van der Waals surface area contributed by atoms with E-state index in [2.05, 4.69) is 15.0 Å². The molecule has 0 amide bonds. The number of aromatic nitrogens is 3. The lowest BCUT2D eigenvalue weighted by Crippen LogP contribution is -2.12. The molecule has 8 heteroatoms. The smallest absolute Gasteiger partial charge is 0.229 e. The summed E-state index contributed by atoms with van der Waals surface area (Å²) in [5.41, 5.74) is 4.10. The van der Waals surface area contributed by atoms with Gasteiger partial charge in [0.25, 0.3) is 0 Å². The van der Waals surface area contributed by atoms with Crippen molar-refractivity contribution in [2.24, 2.45) is 0 Å². The van der Waals surface area contributed by atoms with Crippen LogP contribution in [-0.4, -0.2) is 35.8 Å². The molecule has 23 heavy (non-hydrogen) atoms. The first-order valence-corrected chi connectivity index (χ1v) is 9.97. The van der Waals surface area contributed by atoms with Crippen LogP contribution in [0.15, 0.2) is 0 Å². The number of nitrogens with one attached hydrogen (secondary N) is 2. The molecule has 1 saturated carbocycles. The lowest BCUT2D eigenvalue weighted by Gasteiger charge is -2.09. The second kappa shape index (κ2) is 5.09. The van der Waals surface area contributed by atoms with Gasteiger partial charge in [0, 0.05) is 23.7 Å². The highest BCUT2D eigenvalue weighted by molar-refractivity contribution is 7.92. The Balaban J connectivity index is 1.98. The number of fused-ring (bicyclic) bond motifs is 3. The highest BCUT2D eigenvalue weighted by Crippen LogP contribution is 2.40. The van der Waals surface area contributed by atoms with Crippen LogP contribution in [-0.2, 0) is 16.4 Å². The van der Waals surface area contributed by atoms with Crippen molar-refractivity contribution in [3.8, 4) is 0 Å². The fraction of sp³-hybridized carbons (Fsp3) is 0.600. The highest BCUT2D eigenvalue weighted by atomic mass is 32.2. The molecule has 1 fully saturated rings. The van der Waals surface area contributed by atoms with Gasteiger partial charge in [0.2, 0.25) is 10.0 Å². The molecule has 1 aliphatic carbocycles. The third-order valence-electron chi connectivity index (χ3n) is 4.79. The monoisotopic (exact) mass is 335 g/mol. The number of aryl methyl sites for hydroxylation is 1. The number of nitrogens with zero attached hydrogens (tertiary/aromatic N) is 3. The fourth-order valence-electron chi connectivity index (χ4n) is 3.77. The molecule has 1 aliphatic heterocycles. The molecule has 2 aromatic heterocycles. The van der Waals surface area contributed by atoms with E-state index in [9.17, 15) is 8.42 Å². The Morgan fingerprint density at radius 1 is 1.30 bits per heavy atom. The van der Waals surface area contributed by atoms with Crippen molar-refractivity contribution in [2.45, 2.75) is 44.9 Å². The second-order valence-electron chi connectivity index (χ2n) is 6.55. The van der Waals surface area contributed by atoms with E-state index in [1.165, 1.54) is 24.7 Å². The first-order chi connectivity index (χ1) is 10.9. The summed E-state index contributed by atoms with van der Waals surface area (Å²) < 4.78 is 28.1. The standard InChI is InChI=1S/C15H21N5O2S/c1-9-11-7-8-16-14(11)20-15(17-9)13(19-23(2,21)22)12(18-20)10-5-3-4-6-10/h10,16,19H,3-8H2,1-2H3. The van der Waals surface area contributed by atoms with Crippen molar-refractivity contribution < 1.29 is 8.42 Å². The highest BCUT2D eigenvalue weighted by Gasteiger charge is 2.29. The van der Waals surface area contributed by atoms with Crippen LogP contribution in [0.1, 0.15) is 48.6 Å². The number of hydrogen-bond donors (Lipinski definition) is 2. The van der Waals surface area contributed by atoms with E-state index >= 15 is 0 Å². The van der Waals surface area contributed by atoms with Crippen LogP contribution >= 0.6 is 0 Å². The van der Waals surface area contributed by atoms with Crippen molar-refractivity contribution in [2.75, 3.05) is 22.8 Å². The van der Waals surface area contributed by atoms with Crippen molar-refractivity contribution in [3.05, 3.63) is 17.0 Å². The minimum absolute atomic E-state index is 0.304. The van der Waals surface area contributed by atoms with E-state index < -0.39 is 10.0 Å². The molecule has 2 N–H and O–H groups in total. The minimum Gasteiger partial charge on any atom is -0.369 e. The minimum atomic E-state index is -3.38. The Kier molecular flexibility index (Phi) is 3.26. The predicted octanol–water partition coefficient (Wildman–Crippen LogP) is 2.03. The van der Waals surface area contributed by atoms with Crippen molar-refractivity contribution in [3.63, 3.8) is 0 Å². The first-order valence-electron chi connectivity index (χ1n) is 8.08. The van der Waals surface area contributed by atoms with Gasteiger partial charge < -0.3 is 5.32 Å². The quantitative estimate of drug-likeness (QED) is 0.896. The maximum atomic E-state index is 11.8. The van der Waals surface area contributed by atoms with Gasteiger partial charge in [-0.15, -0.1) is 0 Å². The van der Waals surface area contributed by atoms with E-state index in [1.807, 2.05) is 6.92 Å². The topological polar surface area (TPSA) is 88.4 Å². The van der Waals surface area contributed by atoms with Gasteiger partial charge >= 0.3 is 0 Å². The molecule has 124 valence electrons. The van der Waals surface area contributed by atoms with Gasteiger partial charge in [-0.3, -0.25) is 4.72 Å². The van der Waals surface area contributed by atoms with Crippen LogP contribution in [0.4, 0.5) is 11.5 Å². The van der Waals surface area contributed by atoms with Crippen molar-refractivity contribution in [1.82, 2.24) is 14.6 Å². The molecule has 2 aliphatic rings. The van der Waals surface area contributed by atoms with Crippen LogP contribution in [0.3, 0.4) is 0 Å². The maximum Gasteiger partial charge on any atom is 0.229 e. The predicted molar refractivity (Wildman–Crippen MR) is 89.6 cm³/mol. The SMILES string of the molecule is Cc1nc2c(NS(C)(=O)=O)c(C3CCCC3)nn2c2c1CCN2. The first kappa shape index (κ1) is 14.7. The lowest BCUT2D eigenvalue weighted by atomic mass is 10.0. The average Bonchev–Trinajstić information content (AvgIpc) is 3.16. The molecule has 4 rings (SSSR count). The molecule has 0 radical (unpaired) electrons. The van der Waals surface area contributed by atoms with Gasteiger partial charge in [-0.1, -0.05) is 12.8 Å². The van der Waals surface area contributed by atoms with E-state index in [-0.39, 0.29) is 0 Å². The Morgan fingerprint density at radius 3 is 2.74 bits per heavy atom. The van der Waals surface area contributed by atoms with Gasteiger partial charge in [0.05, 0.1) is 11.9 Å². The number of rotatable bonds is 3. The fourth-order valence-corrected chi connectivity index (χ4v) is 4.33. The van der Waals surface area contributed by atoms with Crippen LogP contribution in [0, 0.1) is 6.92 Å². The molecular formula is C15H21N5O2S. The second-order valence-corrected chi connectivity index (χ2v) is 8.30. The molecule has 0 aromatic carbocycles. The maximum absolute atomic E-state index is 11.8. The zero-order valence-corrected chi connectivity index (χ0v) is 14.2. The van der Waals surface area contributed by atoms with Gasteiger partial charge in [-0.05, 0) is 26.2 Å². The lowest BCUT2D eigenvalue weighted by molar-refractivity contribution is 0.606. The largest absolute Gasteiger partial charge is 0.369 e. The molecule has 0 atom stereocenters. The summed E-state index contributed by atoms with van der Waals surface area (Å²) in [6, 6.07) is 0. The number of sulfonamides is 1. The van der Waals surface area contributed by atoms with Gasteiger partial charge in [-0.25, -0.2) is 13.4 Å². The van der Waals surface area contributed by atoms with Gasteiger partial charge in [0.1, 0.15) is 11.5 Å². The Bertz CT molecular complexity index is 881. The Labute approximate surface area is 135 Å². The van der Waals surface area contributed by atoms with Crippen LogP contribution < -0.4 is 10.0 Å². The summed E-state index contributed by atoms with van der Waals surface area (Å²) in [6.07, 6.45) is 6.54. The molecule has 2 aromatic rings. The summed E-state index contributed by atoms with van der Waals surface area (Å²) in [5.74, 6) is 1.26. The molecular weight excluding hydrogens is 314 g/mol. The summed E-state index contributed by atoms with van der Waals surface area (Å²) in [7, 11) is -3.38. The molecule has 0 unspecified atom stereocenters. The molecule has 3 heterocycles. The van der Waals surface area contributed by atoms with Crippen LogP contribution in [0.25, 0.3) is 5.65 Å². The number of hydrogen-bond acceptors (Lipinski definition) is 5. The zero-order valence-electron chi connectivity index (χ0n) is 13.4. The van der Waals surface area contributed by atoms with E-state index in [0.29, 0.717) is 17.3 Å². The Morgan fingerprint density at radius 2 is 2.04 bits per heavy atom. The van der Waals surface area contributed by atoms with Crippen LogP contribution in [0.2, 0.25) is 0 Å². The van der Waals surface area contributed by atoms with Gasteiger partial charge in [-0.2, -0.15) is 9.61 Å². The number of anilines is 2. The van der Waals surface area contributed by atoms with Crippen LogP contribution in [0.5, 0.6) is 0 Å². The molecule has 0 saturated heterocycles. The van der Waals surface area contributed by atoms with Gasteiger partial charge in [0.15, 0.2) is 5.65 Å². The van der Waals surface area contributed by atoms with Crippen molar-refractivity contribution in [1.29, 1.82) is 0 Å². The van der Waals surface area contributed by atoms with E-state index in [4.69, 9.17) is 5.10 Å². The normalized spacial score (nSPS) is 18.3. The average molecular weight is 335 g/mol. The third kappa shape index (κ3) is 2.45. The Hall–Kier alpha value is -1.83. The summed E-state index contributed by atoms with van der Waals surface area (Å²) in [4.78, 5) is 4.66. The summed E-state index contributed by atoms with van der Waals surface area (Å²) >= 11 is 0. The van der Waals surface area contributed by atoms with E-state index in [0.717, 1.165) is 43.0 Å². The van der Waals surface area contributed by atoms with E-state index in [1.54, 1.807) is 4.52 Å².